The van der Waals surface area contributed by atoms with Crippen molar-refractivity contribution in [3.8, 4) is 5.75 Å². The molecule has 2 heterocycles. The largest absolute Gasteiger partial charge is 0.492 e. The third-order valence-electron chi connectivity index (χ3n) is 5.78. The van der Waals surface area contributed by atoms with Gasteiger partial charge in [0, 0.05) is 19.3 Å². The molecule has 0 radical (unpaired) electrons. The van der Waals surface area contributed by atoms with Gasteiger partial charge in [0.1, 0.15) is 17.3 Å². The molecule has 1 aliphatic carbocycles. The van der Waals surface area contributed by atoms with E-state index < -0.39 is 27.8 Å². The molecule has 3 atom stereocenters. The van der Waals surface area contributed by atoms with Gasteiger partial charge in [-0.15, -0.1) is 0 Å². The molecule has 2 aliphatic rings. The quantitative estimate of drug-likeness (QED) is 0.731. The molecule has 1 saturated heterocycles. The van der Waals surface area contributed by atoms with Crippen LogP contribution in [0.2, 0.25) is 0 Å². The van der Waals surface area contributed by atoms with Crippen LogP contribution in [0.5, 0.6) is 5.75 Å². The number of benzene rings is 1. The van der Waals surface area contributed by atoms with Gasteiger partial charge in [0.2, 0.25) is 10.0 Å². The summed E-state index contributed by atoms with van der Waals surface area (Å²) in [4.78, 5) is 0.164. The second-order valence-corrected chi connectivity index (χ2v) is 9.53. The first-order valence-electron chi connectivity index (χ1n) is 9.41. The number of aryl methyl sites for hydroxylation is 2. The molecule has 1 aromatic heterocycles. The summed E-state index contributed by atoms with van der Waals surface area (Å²) in [7, 11) is -2.11. The zero-order valence-corrected chi connectivity index (χ0v) is 16.9. The maximum absolute atomic E-state index is 13.3. The Morgan fingerprint density at radius 2 is 2.03 bits per heavy atom. The zero-order chi connectivity index (χ0) is 21.0. The fourth-order valence-electron chi connectivity index (χ4n) is 4.52. The van der Waals surface area contributed by atoms with Crippen molar-refractivity contribution < 1.29 is 26.3 Å². The summed E-state index contributed by atoms with van der Waals surface area (Å²) >= 11 is 0. The van der Waals surface area contributed by atoms with Gasteiger partial charge in [0.15, 0.2) is 0 Å². The second-order valence-electron chi connectivity index (χ2n) is 7.72. The van der Waals surface area contributed by atoms with Crippen LogP contribution in [0.4, 0.5) is 13.2 Å². The lowest BCUT2D eigenvalue weighted by Gasteiger charge is -2.34. The van der Waals surface area contributed by atoms with Gasteiger partial charge in [0.25, 0.3) is 0 Å². The average molecular weight is 429 g/mol. The van der Waals surface area contributed by atoms with Crippen LogP contribution in [0.25, 0.3) is 0 Å². The van der Waals surface area contributed by atoms with Gasteiger partial charge in [0.05, 0.1) is 17.3 Å². The van der Waals surface area contributed by atoms with E-state index >= 15 is 0 Å². The second kappa shape index (κ2) is 7.02. The van der Waals surface area contributed by atoms with E-state index in [0.29, 0.717) is 5.69 Å². The molecule has 6 nitrogen and oxygen atoms in total. The van der Waals surface area contributed by atoms with Crippen LogP contribution < -0.4 is 4.74 Å². The van der Waals surface area contributed by atoms with Gasteiger partial charge >= 0.3 is 6.18 Å². The van der Waals surface area contributed by atoms with Crippen LogP contribution in [0.3, 0.4) is 0 Å². The molecule has 4 rings (SSSR count). The maximum Gasteiger partial charge on any atom is 0.416 e. The summed E-state index contributed by atoms with van der Waals surface area (Å²) in [6.07, 6.45) is -0.557. The van der Waals surface area contributed by atoms with Gasteiger partial charge in [-0.3, -0.25) is 4.68 Å². The van der Waals surface area contributed by atoms with Crippen LogP contribution in [0.15, 0.2) is 35.4 Å². The van der Waals surface area contributed by atoms with E-state index in [1.165, 1.54) is 27.3 Å². The van der Waals surface area contributed by atoms with Gasteiger partial charge < -0.3 is 4.74 Å². The molecule has 2 aromatic rings. The Kier molecular flexibility index (Phi) is 4.89. The lowest BCUT2D eigenvalue weighted by atomic mass is 10.0. The van der Waals surface area contributed by atoms with Crippen LogP contribution >= 0.6 is 0 Å². The van der Waals surface area contributed by atoms with Crippen molar-refractivity contribution in [3.63, 3.8) is 0 Å². The summed E-state index contributed by atoms with van der Waals surface area (Å²) in [5.41, 5.74) is -0.369. The molecule has 0 amide bonds. The fraction of sp³-hybridized carbons (Fsp3) is 0.526. The van der Waals surface area contributed by atoms with Gasteiger partial charge in [-0.05, 0) is 50.3 Å². The summed E-state index contributed by atoms with van der Waals surface area (Å²) in [5.74, 6) is 0.218. The number of halogens is 3. The maximum atomic E-state index is 13.3. The Bertz CT molecular complexity index is 1020. The van der Waals surface area contributed by atoms with Crippen molar-refractivity contribution in [3.05, 3.63) is 41.7 Å². The lowest BCUT2D eigenvalue weighted by Crippen LogP contribution is -2.47. The highest BCUT2D eigenvalue weighted by atomic mass is 32.2. The minimum absolute atomic E-state index is 0.0149. The number of rotatable bonds is 5. The number of piperidine rings is 1. The van der Waals surface area contributed by atoms with E-state index in [1.807, 2.05) is 0 Å². The smallest absolute Gasteiger partial charge is 0.416 e. The number of fused-ring (bicyclic) bond motifs is 2. The summed E-state index contributed by atoms with van der Waals surface area (Å²) in [5, 5.41) is 4.14. The number of aromatic nitrogens is 2. The van der Waals surface area contributed by atoms with E-state index in [1.54, 1.807) is 14.0 Å². The third-order valence-corrected chi connectivity index (χ3v) is 7.86. The molecule has 1 aromatic carbocycles. The molecular formula is C19H22F3N3O3S. The van der Waals surface area contributed by atoms with Gasteiger partial charge in [-0.2, -0.15) is 22.6 Å². The highest BCUT2D eigenvalue weighted by Gasteiger charge is 2.52. The standard InChI is InChI=1S/C19H22F3N3O3S/c1-12-18(10-24(2)23-12)29(26,27)25-15-7-6-13(8-15)17(25)11-28-16-5-3-4-14(9-16)19(20,21)22/h3-5,9-10,13,15,17H,6-8,11H2,1-2H3/t13?,15?,17-/m0/s1. The van der Waals surface area contributed by atoms with Crippen LogP contribution in [0, 0.1) is 12.8 Å². The molecular weight excluding hydrogens is 407 g/mol. The molecule has 2 unspecified atom stereocenters. The topological polar surface area (TPSA) is 64.4 Å². The van der Waals surface area contributed by atoms with E-state index in [4.69, 9.17) is 4.74 Å². The minimum atomic E-state index is -4.46. The Balaban J connectivity index is 1.58. The fourth-order valence-corrected chi connectivity index (χ4v) is 6.62. The summed E-state index contributed by atoms with van der Waals surface area (Å²) in [6, 6.07) is 4.13. The summed E-state index contributed by atoms with van der Waals surface area (Å²) in [6.45, 7) is 1.66. The number of ether oxygens (including phenoxy) is 1. The van der Waals surface area contributed by atoms with Crippen LogP contribution in [-0.4, -0.2) is 41.2 Å². The molecule has 2 fully saturated rings. The monoisotopic (exact) mass is 429 g/mol. The SMILES string of the molecule is Cc1nn(C)cc1S(=O)(=O)N1C2CCC(C2)[C@@H]1COc1cccc(C(F)(F)F)c1. The number of sulfonamides is 1. The Morgan fingerprint density at radius 3 is 2.69 bits per heavy atom. The predicted octanol–water partition coefficient (Wildman–Crippen LogP) is 3.37. The van der Waals surface area contributed by atoms with E-state index in [2.05, 4.69) is 5.10 Å². The first kappa shape index (κ1) is 20.2. The van der Waals surface area contributed by atoms with E-state index in [0.717, 1.165) is 31.4 Å². The third kappa shape index (κ3) is 3.63. The normalized spacial score (nSPS) is 24.9. The van der Waals surface area contributed by atoms with Crippen molar-refractivity contribution in [2.75, 3.05) is 6.61 Å². The molecule has 1 aliphatic heterocycles. The van der Waals surface area contributed by atoms with Crippen molar-refractivity contribution in [2.45, 2.75) is 49.3 Å². The van der Waals surface area contributed by atoms with Crippen molar-refractivity contribution in [1.29, 1.82) is 0 Å². The van der Waals surface area contributed by atoms with E-state index in [9.17, 15) is 21.6 Å². The van der Waals surface area contributed by atoms with Crippen LogP contribution in [-0.2, 0) is 23.2 Å². The minimum Gasteiger partial charge on any atom is -0.492 e. The lowest BCUT2D eigenvalue weighted by molar-refractivity contribution is -0.137. The van der Waals surface area contributed by atoms with Crippen LogP contribution in [0.1, 0.15) is 30.5 Å². The molecule has 158 valence electrons. The Hall–Kier alpha value is -2.07. The highest BCUT2D eigenvalue weighted by molar-refractivity contribution is 7.89. The van der Waals surface area contributed by atoms with Gasteiger partial charge in [-0.25, -0.2) is 8.42 Å². The predicted molar refractivity (Wildman–Crippen MR) is 98.8 cm³/mol. The number of alkyl halides is 3. The first-order valence-corrected chi connectivity index (χ1v) is 10.8. The Labute approximate surface area is 167 Å². The van der Waals surface area contributed by atoms with Crippen molar-refractivity contribution >= 4 is 10.0 Å². The van der Waals surface area contributed by atoms with Crippen molar-refractivity contribution in [1.82, 2.24) is 14.1 Å². The average Bonchev–Trinajstić information content (AvgIpc) is 3.33. The molecule has 0 spiro atoms. The molecule has 1 saturated carbocycles. The van der Waals surface area contributed by atoms with Gasteiger partial charge in [-0.1, -0.05) is 6.07 Å². The van der Waals surface area contributed by atoms with E-state index in [-0.39, 0.29) is 29.2 Å². The molecule has 2 bridgehead atoms. The molecule has 29 heavy (non-hydrogen) atoms. The molecule has 10 heteroatoms. The van der Waals surface area contributed by atoms with Crippen molar-refractivity contribution in [2.24, 2.45) is 13.0 Å². The summed E-state index contributed by atoms with van der Waals surface area (Å²) < 4.78 is 74.1. The first-order chi connectivity index (χ1) is 13.6. The zero-order valence-electron chi connectivity index (χ0n) is 16.1. The molecule has 0 N–H and O–H groups in total. The highest BCUT2D eigenvalue weighted by Crippen LogP contribution is 2.45. The number of hydrogen-bond acceptors (Lipinski definition) is 4. The number of hydrogen-bond donors (Lipinski definition) is 0. The number of nitrogens with zero attached hydrogens (tertiary/aromatic N) is 3. The Morgan fingerprint density at radius 1 is 1.28 bits per heavy atom.